The maximum Gasteiger partial charge on any atom is 0.128 e. The summed E-state index contributed by atoms with van der Waals surface area (Å²) < 4.78 is 5.13. The fourth-order valence-electron chi connectivity index (χ4n) is 2.45. The third-order valence-electron chi connectivity index (χ3n) is 3.62. The number of phenols is 1. The SMILES string of the molecule is COCC(C)CNC(C)c1ccc2ccccc2c1O. The van der Waals surface area contributed by atoms with Gasteiger partial charge in [0.05, 0.1) is 0 Å². The number of aromatic hydroxyl groups is 1. The zero-order chi connectivity index (χ0) is 14.5. The Morgan fingerprint density at radius 2 is 1.90 bits per heavy atom. The summed E-state index contributed by atoms with van der Waals surface area (Å²) in [4.78, 5) is 0. The van der Waals surface area contributed by atoms with Gasteiger partial charge < -0.3 is 15.2 Å². The highest BCUT2D eigenvalue weighted by atomic mass is 16.5. The van der Waals surface area contributed by atoms with Crippen molar-refractivity contribution in [2.75, 3.05) is 20.3 Å². The fourth-order valence-corrected chi connectivity index (χ4v) is 2.45. The molecule has 0 heterocycles. The first kappa shape index (κ1) is 14.8. The summed E-state index contributed by atoms with van der Waals surface area (Å²) in [5, 5.41) is 15.8. The van der Waals surface area contributed by atoms with E-state index in [1.165, 1.54) is 0 Å². The van der Waals surface area contributed by atoms with Crippen LogP contribution in [0.1, 0.15) is 25.5 Å². The molecule has 0 amide bonds. The first-order chi connectivity index (χ1) is 9.63. The Labute approximate surface area is 120 Å². The lowest BCUT2D eigenvalue weighted by Crippen LogP contribution is -2.26. The molecule has 0 spiro atoms. The summed E-state index contributed by atoms with van der Waals surface area (Å²) in [7, 11) is 1.72. The van der Waals surface area contributed by atoms with Crippen molar-refractivity contribution >= 4 is 10.8 Å². The predicted octanol–water partition coefficient (Wildman–Crippen LogP) is 3.48. The number of hydrogen-bond donors (Lipinski definition) is 2. The number of benzene rings is 2. The molecule has 20 heavy (non-hydrogen) atoms. The van der Waals surface area contributed by atoms with Gasteiger partial charge in [-0.25, -0.2) is 0 Å². The average molecular weight is 273 g/mol. The third kappa shape index (κ3) is 3.30. The van der Waals surface area contributed by atoms with E-state index in [-0.39, 0.29) is 6.04 Å². The number of rotatable bonds is 6. The van der Waals surface area contributed by atoms with Crippen LogP contribution in [0.5, 0.6) is 5.75 Å². The monoisotopic (exact) mass is 273 g/mol. The van der Waals surface area contributed by atoms with Gasteiger partial charge in [0.2, 0.25) is 0 Å². The van der Waals surface area contributed by atoms with Crippen molar-refractivity contribution in [2.45, 2.75) is 19.9 Å². The van der Waals surface area contributed by atoms with Crippen LogP contribution in [0, 0.1) is 5.92 Å². The summed E-state index contributed by atoms with van der Waals surface area (Å²) >= 11 is 0. The van der Waals surface area contributed by atoms with Crippen LogP contribution in [0.4, 0.5) is 0 Å². The Bertz CT molecular complexity index is 568. The number of nitrogens with one attached hydrogen (secondary N) is 1. The topological polar surface area (TPSA) is 41.5 Å². The van der Waals surface area contributed by atoms with Crippen LogP contribution in [0.3, 0.4) is 0 Å². The van der Waals surface area contributed by atoms with Crippen LogP contribution in [0.2, 0.25) is 0 Å². The van der Waals surface area contributed by atoms with Gasteiger partial charge in [-0.2, -0.15) is 0 Å². The Balaban J connectivity index is 2.14. The predicted molar refractivity (Wildman–Crippen MR) is 83.1 cm³/mol. The van der Waals surface area contributed by atoms with Crippen LogP contribution >= 0.6 is 0 Å². The van der Waals surface area contributed by atoms with Gasteiger partial charge in [-0.15, -0.1) is 0 Å². The molecule has 3 heteroatoms. The first-order valence-electron chi connectivity index (χ1n) is 7.06. The Hall–Kier alpha value is -1.58. The molecule has 0 aliphatic rings. The molecule has 2 rings (SSSR count). The van der Waals surface area contributed by atoms with E-state index in [0.717, 1.165) is 29.5 Å². The summed E-state index contributed by atoms with van der Waals surface area (Å²) in [6.07, 6.45) is 0. The maximum atomic E-state index is 10.4. The lowest BCUT2D eigenvalue weighted by Gasteiger charge is -2.19. The van der Waals surface area contributed by atoms with E-state index < -0.39 is 0 Å². The minimum atomic E-state index is 0.110. The minimum absolute atomic E-state index is 0.110. The minimum Gasteiger partial charge on any atom is -0.507 e. The van der Waals surface area contributed by atoms with Crippen LogP contribution in [0.15, 0.2) is 36.4 Å². The second-order valence-corrected chi connectivity index (χ2v) is 5.41. The fraction of sp³-hybridized carbons (Fsp3) is 0.412. The van der Waals surface area contributed by atoms with E-state index in [4.69, 9.17) is 4.74 Å². The molecule has 0 saturated heterocycles. The summed E-state index contributed by atoms with van der Waals surface area (Å²) in [5.74, 6) is 0.826. The van der Waals surface area contributed by atoms with Gasteiger partial charge in [0.1, 0.15) is 5.75 Å². The Kier molecular flexibility index (Phi) is 4.99. The highest BCUT2D eigenvalue weighted by Gasteiger charge is 2.13. The molecular weight excluding hydrogens is 250 g/mol. The molecule has 0 saturated carbocycles. The number of hydrogen-bond acceptors (Lipinski definition) is 3. The molecular formula is C17H23NO2. The van der Waals surface area contributed by atoms with E-state index >= 15 is 0 Å². The maximum absolute atomic E-state index is 10.4. The number of ether oxygens (including phenoxy) is 1. The smallest absolute Gasteiger partial charge is 0.128 e. The third-order valence-corrected chi connectivity index (χ3v) is 3.62. The zero-order valence-electron chi connectivity index (χ0n) is 12.4. The highest BCUT2D eigenvalue weighted by Crippen LogP contribution is 2.32. The van der Waals surface area contributed by atoms with Crippen molar-refractivity contribution in [1.82, 2.24) is 5.32 Å². The number of fused-ring (bicyclic) bond motifs is 1. The molecule has 0 radical (unpaired) electrons. The number of methoxy groups -OCH3 is 1. The van der Waals surface area contributed by atoms with Crippen molar-refractivity contribution in [2.24, 2.45) is 5.92 Å². The highest BCUT2D eigenvalue weighted by molar-refractivity contribution is 5.89. The second-order valence-electron chi connectivity index (χ2n) is 5.41. The summed E-state index contributed by atoms with van der Waals surface area (Å²) in [6.45, 7) is 5.82. The average Bonchev–Trinajstić information content (AvgIpc) is 2.46. The van der Waals surface area contributed by atoms with E-state index in [2.05, 4.69) is 25.2 Å². The molecule has 0 aromatic heterocycles. The van der Waals surface area contributed by atoms with Gasteiger partial charge in [0.25, 0.3) is 0 Å². The standard InChI is InChI=1S/C17H23NO2/c1-12(11-20-3)10-18-13(2)15-9-8-14-6-4-5-7-16(14)17(15)19/h4-9,12-13,18-19H,10-11H2,1-3H3. The molecule has 0 aliphatic heterocycles. The van der Waals surface area contributed by atoms with Gasteiger partial charge in [-0.05, 0) is 18.2 Å². The molecule has 2 aromatic carbocycles. The zero-order valence-corrected chi connectivity index (χ0v) is 12.4. The molecule has 2 aromatic rings. The van der Waals surface area contributed by atoms with Crippen LogP contribution < -0.4 is 5.32 Å². The summed E-state index contributed by atoms with van der Waals surface area (Å²) in [5.41, 5.74) is 0.938. The Morgan fingerprint density at radius 3 is 2.65 bits per heavy atom. The molecule has 2 N–H and O–H groups in total. The molecule has 2 atom stereocenters. The van der Waals surface area contributed by atoms with E-state index in [9.17, 15) is 5.11 Å². The molecule has 2 unspecified atom stereocenters. The first-order valence-corrected chi connectivity index (χ1v) is 7.06. The second kappa shape index (κ2) is 6.73. The van der Waals surface area contributed by atoms with E-state index in [1.54, 1.807) is 7.11 Å². The van der Waals surface area contributed by atoms with Gasteiger partial charge in [0, 0.05) is 37.3 Å². The quantitative estimate of drug-likeness (QED) is 0.846. The van der Waals surface area contributed by atoms with Crippen LogP contribution in [-0.4, -0.2) is 25.4 Å². The summed E-state index contributed by atoms with van der Waals surface area (Å²) in [6, 6.07) is 12.1. The van der Waals surface area contributed by atoms with Gasteiger partial charge in [-0.1, -0.05) is 43.3 Å². The lowest BCUT2D eigenvalue weighted by atomic mass is 10.0. The molecule has 0 aliphatic carbocycles. The largest absolute Gasteiger partial charge is 0.507 e. The van der Waals surface area contributed by atoms with E-state index in [1.807, 2.05) is 30.3 Å². The van der Waals surface area contributed by atoms with Crippen molar-refractivity contribution in [3.05, 3.63) is 42.0 Å². The van der Waals surface area contributed by atoms with Crippen molar-refractivity contribution in [3.8, 4) is 5.75 Å². The van der Waals surface area contributed by atoms with Gasteiger partial charge in [0.15, 0.2) is 0 Å². The van der Waals surface area contributed by atoms with Crippen LogP contribution in [0.25, 0.3) is 10.8 Å². The number of phenolic OH excluding ortho intramolecular Hbond substituents is 1. The van der Waals surface area contributed by atoms with Crippen LogP contribution in [-0.2, 0) is 4.74 Å². The normalized spacial score (nSPS) is 14.3. The molecule has 0 fully saturated rings. The Morgan fingerprint density at radius 1 is 1.15 bits per heavy atom. The van der Waals surface area contributed by atoms with Crippen molar-refractivity contribution < 1.29 is 9.84 Å². The van der Waals surface area contributed by atoms with Gasteiger partial charge in [-0.3, -0.25) is 0 Å². The molecule has 108 valence electrons. The molecule has 0 bridgehead atoms. The van der Waals surface area contributed by atoms with Crippen molar-refractivity contribution in [3.63, 3.8) is 0 Å². The van der Waals surface area contributed by atoms with Crippen molar-refractivity contribution in [1.29, 1.82) is 0 Å². The molecule has 3 nitrogen and oxygen atoms in total. The van der Waals surface area contributed by atoms with E-state index in [0.29, 0.717) is 11.7 Å². The van der Waals surface area contributed by atoms with Gasteiger partial charge >= 0.3 is 0 Å². The lowest BCUT2D eigenvalue weighted by molar-refractivity contribution is 0.157.